The summed E-state index contributed by atoms with van der Waals surface area (Å²) in [5.74, 6) is 0.577. The first-order valence-corrected chi connectivity index (χ1v) is 12.6. The SMILES string of the molecule is CC(=O)N[C@@H](CCN1[C@@H]2CC[C@H]1C[C@@H](n1c(C)nc3c1CN(C(=O)O)CC3)C2)c1cccc(F)c1. The van der Waals surface area contributed by atoms with Crippen molar-refractivity contribution >= 4 is 12.0 Å². The van der Waals surface area contributed by atoms with Crippen LogP contribution >= 0.6 is 0 Å². The average Bonchev–Trinajstić information content (AvgIpc) is 3.26. The van der Waals surface area contributed by atoms with Gasteiger partial charge in [-0.3, -0.25) is 9.69 Å². The van der Waals surface area contributed by atoms with Crippen LogP contribution in [0.4, 0.5) is 9.18 Å². The Morgan fingerprint density at radius 1 is 1.23 bits per heavy atom. The number of halogens is 1. The van der Waals surface area contributed by atoms with Crippen LogP contribution in [0.25, 0.3) is 0 Å². The van der Waals surface area contributed by atoms with Gasteiger partial charge in [-0.05, 0) is 56.7 Å². The molecule has 2 bridgehead atoms. The van der Waals surface area contributed by atoms with Gasteiger partial charge in [0.1, 0.15) is 11.6 Å². The van der Waals surface area contributed by atoms with E-state index < -0.39 is 6.09 Å². The molecule has 9 heteroatoms. The van der Waals surface area contributed by atoms with Gasteiger partial charge in [-0.2, -0.15) is 0 Å². The highest BCUT2D eigenvalue weighted by atomic mass is 19.1. The van der Waals surface area contributed by atoms with Gasteiger partial charge in [0.05, 0.1) is 24.0 Å². The van der Waals surface area contributed by atoms with Crippen molar-refractivity contribution in [2.24, 2.45) is 0 Å². The highest BCUT2D eigenvalue weighted by Crippen LogP contribution is 2.43. The molecule has 0 saturated carbocycles. The van der Waals surface area contributed by atoms with Crippen LogP contribution in [-0.2, 0) is 17.8 Å². The van der Waals surface area contributed by atoms with Crippen LogP contribution in [0.3, 0.4) is 0 Å². The van der Waals surface area contributed by atoms with Crippen LogP contribution in [0, 0.1) is 12.7 Å². The molecule has 2 N–H and O–H groups in total. The Kier molecular flexibility index (Phi) is 6.53. The van der Waals surface area contributed by atoms with Crippen molar-refractivity contribution in [3.63, 3.8) is 0 Å². The molecule has 2 amide bonds. The van der Waals surface area contributed by atoms with Crippen molar-refractivity contribution in [1.29, 1.82) is 0 Å². The van der Waals surface area contributed by atoms with E-state index in [1.54, 1.807) is 6.07 Å². The van der Waals surface area contributed by atoms with Crippen LogP contribution in [0.5, 0.6) is 0 Å². The van der Waals surface area contributed by atoms with Gasteiger partial charge >= 0.3 is 6.09 Å². The van der Waals surface area contributed by atoms with Crippen molar-refractivity contribution < 1.29 is 19.1 Å². The summed E-state index contributed by atoms with van der Waals surface area (Å²) in [5, 5.41) is 12.5. The van der Waals surface area contributed by atoms with E-state index in [-0.39, 0.29) is 17.8 Å². The minimum Gasteiger partial charge on any atom is -0.465 e. The van der Waals surface area contributed by atoms with E-state index in [1.165, 1.54) is 24.0 Å². The smallest absolute Gasteiger partial charge is 0.407 e. The summed E-state index contributed by atoms with van der Waals surface area (Å²) in [6, 6.07) is 7.48. The van der Waals surface area contributed by atoms with Gasteiger partial charge < -0.3 is 19.9 Å². The lowest BCUT2D eigenvalue weighted by atomic mass is 9.95. The van der Waals surface area contributed by atoms with Gasteiger partial charge in [-0.1, -0.05) is 12.1 Å². The van der Waals surface area contributed by atoms with E-state index in [2.05, 4.69) is 14.8 Å². The molecule has 1 aromatic carbocycles. The third-order valence-corrected chi connectivity index (χ3v) is 8.03. The number of carbonyl (C=O) groups excluding carboxylic acids is 1. The van der Waals surface area contributed by atoms with Crippen molar-refractivity contribution in [1.82, 2.24) is 24.7 Å². The summed E-state index contributed by atoms with van der Waals surface area (Å²) < 4.78 is 16.1. The fraction of sp³-hybridized carbons (Fsp3) is 0.577. The molecule has 4 atom stereocenters. The highest BCUT2D eigenvalue weighted by Gasteiger charge is 2.42. The lowest BCUT2D eigenvalue weighted by molar-refractivity contribution is -0.119. The molecule has 0 spiro atoms. The molecule has 3 aliphatic rings. The Balaban J connectivity index is 1.29. The lowest BCUT2D eigenvalue weighted by Crippen LogP contribution is -2.45. The molecule has 3 aliphatic heterocycles. The molecule has 35 heavy (non-hydrogen) atoms. The summed E-state index contributed by atoms with van der Waals surface area (Å²) in [5.41, 5.74) is 2.90. The monoisotopic (exact) mass is 483 g/mol. The van der Waals surface area contributed by atoms with Gasteiger partial charge in [0.15, 0.2) is 0 Å². The fourth-order valence-corrected chi connectivity index (χ4v) is 6.55. The number of hydrogen-bond acceptors (Lipinski definition) is 4. The van der Waals surface area contributed by atoms with Gasteiger partial charge in [0, 0.05) is 44.6 Å². The van der Waals surface area contributed by atoms with Gasteiger partial charge in [-0.15, -0.1) is 0 Å². The molecule has 0 aliphatic carbocycles. The van der Waals surface area contributed by atoms with E-state index >= 15 is 0 Å². The minimum absolute atomic E-state index is 0.114. The molecule has 0 unspecified atom stereocenters. The molecule has 1 aromatic heterocycles. The van der Waals surface area contributed by atoms with Crippen LogP contribution in [0.15, 0.2) is 24.3 Å². The third-order valence-electron chi connectivity index (χ3n) is 8.03. The molecule has 5 rings (SSSR count). The largest absolute Gasteiger partial charge is 0.465 e. The number of amides is 2. The molecule has 4 heterocycles. The predicted octanol–water partition coefficient (Wildman–Crippen LogP) is 3.80. The Hall–Kier alpha value is -2.94. The number of rotatable bonds is 6. The van der Waals surface area contributed by atoms with Crippen molar-refractivity contribution in [2.75, 3.05) is 13.1 Å². The third kappa shape index (κ3) is 4.78. The number of hydrogen-bond donors (Lipinski definition) is 2. The van der Waals surface area contributed by atoms with Crippen molar-refractivity contribution in [3.8, 4) is 0 Å². The standard InChI is InChI=1S/C26H34FN5O3/c1-16-28-24-8-10-30(26(34)35)15-25(24)32(16)22-13-20-6-7-21(14-22)31(20)11-9-23(29-17(2)33)18-4-3-5-19(27)12-18/h3-5,12,20-23H,6-11,13-15H2,1-2H3,(H,29,33)(H,34,35)/t20-,21+,22+,23-/m0/s1. The molecule has 0 radical (unpaired) electrons. The van der Waals surface area contributed by atoms with Crippen LogP contribution < -0.4 is 5.32 Å². The number of nitrogens with one attached hydrogen (secondary N) is 1. The second-order valence-electron chi connectivity index (χ2n) is 10.2. The molecule has 188 valence electrons. The normalized spacial score (nSPS) is 24.8. The number of aryl methyl sites for hydroxylation is 1. The molecule has 2 saturated heterocycles. The van der Waals surface area contributed by atoms with Crippen molar-refractivity contribution in [2.45, 2.75) is 83.1 Å². The average molecular weight is 484 g/mol. The number of carbonyl (C=O) groups is 2. The molecular weight excluding hydrogens is 449 g/mol. The summed E-state index contributed by atoms with van der Waals surface area (Å²) in [4.78, 5) is 32.3. The first-order chi connectivity index (χ1) is 16.8. The number of fused-ring (bicyclic) bond motifs is 3. The van der Waals surface area contributed by atoms with Crippen LogP contribution in [0.1, 0.15) is 73.9 Å². The summed E-state index contributed by atoms with van der Waals surface area (Å²) in [6.07, 6.45) is 4.84. The maximum atomic E-state index is 13.8. The maximum Gasteiger partial charge on any atom is 0.407 e. The lowest BCUT2D eigenvalue weighted by Gasteiger charge is -2.41. The van der Waals surface area contributed by atoms with Crippen LogP contribution in [0.2, 0.25) is 0 Å². The first kappa shape index (κ1) is 23.8. The van der Waals surface area contributed by atoms with Gasteiger partial charge in [0.25, 0.3) is 0 Å². The number of imidazole rings is 1. The van der Waals surface area contributed by atoms with Crippen LogP contribution in [-0.4, -0.2) is 61.6 Å². The fourth-order valence-electron chi connectivity index (χ4n) is 6.55. The number of benzene rings is 1. The van der Waals surface area contributed by atoms with E-state index in [4.69, 9.17) is 4.98 Å². The minimum atomic E-state index is -0.872. The number of nitrogens with zero attached hydrogens (tertiary/aromatic N) is 4. The van der Waals surface area contributed by atoms with Crippen molar-refractivity contribution in [3.05, 3.63) is 52.9 Å². The summed E-state index contributed by atoms with van der Waals surface area (Å²) in [6.45, 7) is 5.30. The van der Waals surface area contributed by atoms with E-state index in [1.807, 2.05) is 13.0 Å². The number of piperidine rings is 1. The first-order valence-electron chi connectivity index (χ1n) is 12.6. The van der Waals surface area contributed by atoms with E-state index in [0.29, 0.717) is 37.6 Å². The zero-order chi connectivity index (χ0) is 24.7. The predicted molar refractivity (Wildman–Crippen MR) is 128 cm³/mol. The Morgan fingerprint density at radius 2 is 1.97 bits per heavy atom. The van der Waals surface area contributed by atoms with E-state index in [0.717, 1.165) is 61.4 Å². The quantitative estimate of drug-likeness (QED) is 0.652. The molecule has 8 nitrogen and oxygen atoms in total. The Bertz CT molecular complexity index is 1100. The van der Waals surface area contributed by atoms with Gasteiger partial charge in [0.2, 0.25) is 5.91 Å². The molecule has 2 fully saturated rings. The number of aromatic nitrogens is 2. The molecule has 2 aromatic rings. The zero-order valence-corrected chi connectivity index (χ0v) is 20.4. The zero-order valence-electron chi connectivity index (χ0n) is 20.4. The second kappa shape index (κ2) is 9.60. The Morgan fingerprint density at radius 3 is 2.63 bits per heavy atom. The summed E-state index contributed by atoms with van der Waals surface area (Å²) >= 11 is 0. The van der Waals surface area contributed by atoms with E-state index in [9.17, 15) is 19.1 Å². The maximum absolute atomic E-state index is 13.8. The number of carboxylic acid groups (broad SMARTS) is 1. The second-order valence-corrected chi connectivity index (χ2v) is 10.2. The van der Waals surface area contributed by atoms with Gasteiger partial charge in [-0.25, -0.2) is 14.2 Å². The summed E-state index contributed by atoms with van der Waals surface area (Å²) in [7, 11) is 0. The Labute approximate surface area is 205 Å². The topological polar surface area (TPSA) is 90.7 Å². The highest BCUT2D eigenvalue weighted by molar-refractivity contribution is 5.73. The molecular formula is C26H34FN5O3.